The van der Waals surface area contributed by atoms with Gasteiger partial charge in [0.05, 0.1) is 6.26 Å². The molecule has 0 aliphatic heterocycles. The Balaban J connectivity index is 1.66. The Labute approximate surface area is 155 Å². The highest BCUT2D eigenvalue weighted by molar-refractivity contribution is 5.92. The highest BCUT2D eigenvalue weighted by atomic mass is 19.4. The van der Waals surface area contributed by atoms with Gasteiger partial charge in [0.2, 0.25) is 0 Å². The van der Waals surface area contributed by atoms with E-state index in [9.17, 15) is 18.0 Å². The number of ether oxygens (including phenoxy) is 1. The van der Waals surface area contributed by atoms with E-state index in [2.05, 4.69) is 30.9 Å². The molecular weight excluding hydrogens is 381 g/mol. The number of hydrogen-bond acceptors (Lipinski definition) is 8. The molecule has 0 bridgehead atoms. The summed E-state index contributed by atoms with van der Waals surface area (Å²) in [7, 11) is 0. The molecule has 5 N–H and O–H groups in total. The van der Waals surface area contributed by atoms with Crippen LogP contribution in [0.4, 0.5) is 36.2 Å². The molecule has 2 aromatic heterocycles. The summed E-state index contributed by atoms with van der Waals surface area (Å²) in [5, 5.41) is 2.83. The number of furan rings is 1. The Morgan fingerprint density at radius 1 is 1.11 bits per heavy atom. The van der Waals surface area contributed by atoms with Gasteiger partial charge in [-0.15, -0.1) is 13.2 Å². The predicted molar refractivity (Wildman–Crippen MR) is 92.6 cm³/mol. The van der Waals surface area contributed by atoms with Crippen molar-refractivity contribution in [1.29, 1.82) is 0 Å². The number of aromatic nitrogens is 2. The van der Waals surface area contributed by atoms with E-state index in [-0.39, 0.29) is 28.8 Å². The molecule has 0 aliphatic carbocycles. The Morgan fingerprint density at radius 3 is 2.46 bits per heavy atom. The fourth-order valence-corrected chi connectivity index (χ4v) is 2.06. The van der Waals surface area contributed by atoms with E-state index in [1.165, 1.54) is 30.8 Å². The van der Waals surface area contributed by atoms with Crippen molar-refractivity contribution >= 4 is 28.9 Å². The Kier molecular flexibility index (Phi) is 5.20. The molecule has 0 aliphatic rings. The number of amides is 1. The third-order valence-corrected chi connectivity index (χ3v) is 3.27. The minimum Gasteiger partial charge on any atom is -0.459 e. The second-order valence-electron chi connectivity index (χ2n) is 5.24. The van der Waals surface area contributed by atoms with Crippen molar-refractivity contribution in [2.45, 2.75) is 6.36 Å². The lowest BCUT2D eigenvalue weighted by Gasteiger charge is -2.13. The molecule has 1 amide bonds. The van der Waals surface area contributed by atoms with Crippen LogP contribution in [0, 0.1) is 0 Å². The van der Waals surface area contributed by atoms with Crippen LogP contribution in [0.15, 0.2) is 53.4 Å². The van der Waals surface area contributed by atoms with E-state index in [1.54, 1.807) is 6.07 Å². The van der Waals surface area contributed by atoms with Crippen LogP contribution in [0.3, 0.4) is 0 Å². The quantitative estimate of drug-likeness (QED) is 0.470. The van der Waals surface area contributed by atoms with Crippen LogP contribution in [-0.4, -0.2) is 22.2 Å². The maximum Gasteiger partial charge on any atom is 0.573 e. The lowest BCUT2D eigenvalue weighted by molar-refractivity contribution is -0.274. The molecule has 0 saturated heterocycles. The Bertz CT molecular complexity index is 945. The Hall–Kier alpha value is -3.96. The van der Waals surface area contributed by atoms with Gasteiger partial charge in [-0.3, -0.25) is 15.6 Å². The van der Waals surface area contributed by atoms with E-state index in [4.69, 9.17) is 10.2 Å². The topological polar surface area (TPSA) is 127 Å². The van der Waals surface area contributed by atoms with Gasteiger partial charge in [0.1, 0.15) is 17.8 Å². The maximum atomic E-state index is 12.2. The fraction of sp³-hybridized carbons (Fsp3) is 0.0625. The maximum absolute atomic E-state index is 12.2. The van der Waals surface area contributed by atoms with E-state index in [0.717, 1.165) is 12.1 Å². The zero-order valence-electron chi connectivity index (χ0n) is 13.9. The minimum absolute atomic E-state index is 0.0675. The average molecular weight is 394 g/mol. The molecule has 0 radical (unpaired) electrons. The molecule has 3 rings (SSSR count). The van der Waals surface area contributed by atoms with Crippen molar-refractivity contribution in [3.8, 4) is 5.75 Å². The average Bonchev–Trinajstić information content (AvgIpc) is 3.17. The SMILES string of the molecule is Nc1c(NNC(=O)c2ccco2)ncnc1Nc1ccc(OC(F)(F)F)cc1. The third-order valence-electron chi connectivity index (χ3n) is 3.27. The summed E-state index contributed by atoms with van der Waals surface area (Å²) in [5.74, 6) is -0.544. The molecular formula is C16H13F3N6O3. The van der Waals surface area contributed by atoms with Gasteiger partial charge in [-0.05, 0) is 36.4 Å². The number of nitrogens with two attached hydrogens (primary N) is 1. The largest absolute Gasteiger partial charge is 0.573 e. The normalized spacial score (nSPS) is 11.0. The summed E-state index contributed by atoms with van der Waals surface area (Å²) in [6.45, 7) is 0. The number of benzene rings is 1. The van der Waals surface area contributed by atoms with Crippen molar-refractivity contribution in [2.24, 2.45) is 0 Å². The molecule has 0 saturated carbocycles. The van der Waals surface area contributed by atoms with Crippen LogP contribution in [0.5, 0.6) is 5.75 Å². The zero-order chi connectivity index (χ0) is 20.1. The second-order valence-corrected chi connectivity index (χ2v) is 5.24. The number of carbonyl (C=O) groups excluding carboxylic acids is 1. The third kappa shape index (κ3) is 4.81. The molecule has 0 unspecified atom stereocenters. The molecule has 3 aromatic rings. The van der Waals surface area contributed by atoms with Crippen molar-refractivity contribution in [1.82, 2.24) is 15.4 Å². The van der Waals surface area contributed by atoms with Crippen molar-refractivity contribution in [3.63, 3.8) is 0 Å². The second kappa shape index (κ2) is 7.73. The zero-order valence-corrected chi connectivity index (χ0v) is 13.9. The van der Waals surface area contributed by atoms with Crippen LogP contribution >= 0.6 is 0 Å². The summed E-state index contributed by atoms with van der Waals surface area (Å²) in [6, 6.07) is 8.01. The number of hydrazine groups is 1. The molecule has 146 valence electrons. The van der Waals surface area contributed by atoms with Crippen LogP contribution in [0.1, 0.15) is 10.6 Å². The van der Waals surface area contributed by atoms with E-state index >= 15 is 0 Å². The van der Waals surface area contributed by atoms with E-state index in [1.807, 2.05) is 0 Å². The number of nitrogen functional groups attached to an aromatic ring is 1. The number of alkyl halides is 3. The number of anilines is 4. The van der Waals surface area contributed by atoms with Gasteiger partial charge in [-0.1, -0.05) is 0 Å². The number of hydrogen-bond donors (Lipinski definition) is 4. The van der Waals surface area contributed by atoms with Gasteiger partial charge in [-0.25, -0.2) is 9.97 Å². The first-order valence-electron chi connectivity index (χ1n) is 7.65. The summed E-state index contributed by atoms with van der Waals surface area (Å²) in [5.41, 5.74) is 11.3. The monoisotopic (exact) mass is 394 g/mol. The van der Waals surface area contributed by atoms with Crippen LogP contribution < -0.4 is 26.6 Å². The van der Waals surface area contributed by atoms with Gasteiger partial charge < -0.3 is 20.2 Å². The molecule has 2 heterocycles. The lowest BCUT2D eigenvalue weighted by atomic mass is 10.3. The Morgan fingerprint density at radius 2 is 1.82 bits per heavy atom. The van der Waals surface area contributed by atoms with Crippen LogP contribution in [-0.2, 0) is 0 Å². The lowest BCUT2D eigenvalue weighted by Crippen LogP contribution is -2.30. The molecule has 0 fully saturated rings. The highest BCUT2D eigenvalue weighted by Gasteiger charge is 2.30. The van der Waals surface area contributed by atoms with Crippen LogP contribution in [0.25, 0.3) is 0 Å². The van der Waals surface area contributed by atoms with Gasteiger partial charge in [0, 0.05) is 5.69 Å². The first-order chi connectivity index (χ1) is 13.3. The number of nitrogens with one attached hydrogen (secondary N) is 3. The van der Waals surface area contributed by atoms with Gasteiger partial charge >= 0.3 is 12.3 Å². The van der Waals surface area contributed by atoms with Crippen molar-refractivity contribution < 1.29 is 27.1 Å². The molecule has 28 heavy (non-hydrogen) atoms. The van der Waals surface area contributed by atoms with Gasteiger partial charge in [0.25, 0.3) is 0 Å². The summed E-state index contributed by atoms with van der Waals surface area (Å²) >= 11 is 0. The molecule has 0 atom stereocenters. The fourth-order valence-electron chi connectivity index (χ4n) is 2.06. The number of halogens is 3. The molecule has 12 heteroatoms. The summed E-state index contributed by atoms with van der Waals surface area (Å²) in [6.07, 6.45) is -2.24. The van der Waals surface area contributed by atoms with Crippen molar-refractivity contribution in [3.05, 3.63) is 54.7 Å². The molecule has 0 spiro atoms. The summed E-state index contributed by atoms with van der Waals surface area (Å²) < 4.78 is 45.3. The van der Waals surface area contributed by atoms with Crippen LogP contribution in [0.2, 0.25) is 0 Å². The standard InChI is InChI=1S/C16H13F3N6O3/c17-16(18,19)28-10-5-3-9(4-6-10)23-13-12(20)14(22-8-21-13)24-25-15(26)11-2-1-7-27-11/h1-8H,20H2,(H,25,26)(H2,21,22,23,24). The molecule has 9 nitrogen and oxygen atoms in total. The predicted octanol–water partition coefficient (Wildman–Crippen LogP) is 3.05. The minimum atomic E-state index is -4.77. The highest BCUT2D eigenvalue weighted by Crippen LogP contribution is 2.28. The number of rotatable bonds is 6. The van der Waals surface area contributed by atoms with Gasteiger partial charge in [0.15, 0.2) is 17.4 Å². The first kappa shape index (κ1) is 18.8. The smallest absolute Gasteiger partial charge is 0.459 e. The van der Waals surface area contributed by atoms with Crippen molar-refractivity contribution in [2.75, 3.05) is 16.5 Å². The summed E-state index contributed by atoms with van der Waals surface area (Å²) in [4.78, 5) is 19.7. The molecule has 1 aromatic carbocycles. The van der Waals surface area contributed by atoms with Gasteiger partial charge in [-0.2, -0.15) is 0 Å². The van der Waals surface area contributed by atoms with E-state index < -0.39 is 12.3 Å². The number of nitrogens with zero attached hydrogens (tertiary/aromatic N) is 2. The number of carbonyl (C=O) groups is 1. The van der Waals surface area contributed by atoms with E-state index in [0.29, 0.717) is 5.69 Å². The first-order valence-corrected chi connectivity index (χ1v) is 7.65.